The van der Waals surface area contributed by atoms with E-state index >= 15 is 0 Å². The van der Waals surface area contributed by atoms with Gasteiger partial charge >= 0.3 is 5.97 Å². The average molecular weight is 454 g/mol. The predicted octanol–water partition coefficient (Wildman–Crippen LogP) is 5.85. The van der Waals surface area contributed by atoms with Crippen molar-refractivity contribution >= 4 is 17.6 Å². The summed E-state index contributed by atoms with van der Waals surface area (Å²) in [6, 6.07) is 26.7. The van der Waals surface area contributed by atoms with Crippen molar-refractivity contribution in [3.63, 3.8) is 0 Å². The number of nitrogens with zero attached hydrogens (tertiary/aromatic N) is 2. The molecule has 1 amide bonds. The molecule has 3 aromatic carbocycles. The summed E-state index contributed by atoms with van der Waals surface area (Å²) < 4.78 is 6.99. The molecule has 0 fully saturated rings. The molecule has 1 heterocycles. The molecular weight excluding hydrogens is 426 g/mol. The molecule has 0 bridgehead atoms. The van der Waals surface area contributed by atoms with Gasteiger partial charge in [-0.3, -0.25) is 4.79 Å². The van der Waals surface area contributed by atoms with Crippen LogP contribution >= 0.6 is 0 Å². The molecule has 0 aliphatic carbocycles. The molecular formula is C28H27N3O3. The first-order valence-corrected chi connectivity index (χ1v) is 11.3. The third kappa shape index (κ3) is 5.41. The standard InChI is InChI=1S/C28H27N3O3/c1-3-20(2)21-14-16-23(17-15-21)29-26(32)19-34-28(33)25-18-31(24-12-8-5-9-13-24)30-27(25)22-10-6-4-7-11-22/h4-18,20H,3,19H2,1-2H3,(H,29,32). The van der Waals surface area contributed by atoms with Crippen LogP contribution in [0.5, 0.6) is 0 Å². The van der Waals surface area contributed by atoms with E-state index in [2.05, 4.69) is 24.3 Å². The van der Waals surface area contributed by atoms with Crippen LogP contribution in [-0.2, 0) is 9.53 Å². The van der Waals surface area contributed by atoms with Gasteiger partial charge in [-0.2, -0.15) is 5.10 Å². The minimum atomic E-state index is -0.608. The molecule has 0 aliphatic rings. The van der Waals surface area contributed by atoms with Crippen LogP contribution in [-0.4, -0.2) is 28.3 Å². The molecule has 0 saturated carbocycles. The normalized spacial score (nSPS) is 11.6. The Hall–Kier alpha value is -4.19. The van der Waals surface area contributed by atoms with Crippen LogP contribution in [0.2, 0.25) is 0 Å². The number of amides is 1. The van der Waals surface area contributed by atoms with Crippen molar-refractivity contribution in [2.75, 3.05) is 11.9 Å². The van der Waals surface area contributed by atoms with E-state index in [1.165, 1.54) is 5.56 Å². The number of ether oxygens (including phenoxy) is 1. The Labute approximate surface area is 199 Å². The van der Waals surface area contributed by atoms with Gasteiger partial charge in [0.05, 0.1) is 5.69 Å². The van der Waals surface area contributed by atoms with Crippen molar-refractivity contribution in [3.05, 3.63) is 102 Å². The van der Waals surface area contributed by atoms with Crippen LogP contribution in [0, 0.1) is 0 Å². The van der Waals surface area contributed by atoms with Gasteiger partial charge < -0.3 is 10.1 Å². The van der Waals surface area contributed by atoms with E-state index in [1.807, 2.05) is 84.9 Å². The second kappa shape index (κ2) is 10.6. The molecule has 1 N–H and O–H groups in total. The number of hydrogen-bond acceptors (Lipinski definition) is 4. The van der Waals surface area contributed by atoms with Gasteiger partial charge in [-0.05, 0) is 42.2 Å². The quantitative estimate of drug-likeness (QED) is 0.340. The fraction of sp³-hybridized carbons (Fsp3) is 0.179. The summed E-state index contributed by atoms with van der Waals surface area (Å²) in [6.07, 6.45) is 2.68. The van der Waals surface area contributed by atoms with Crippen LogP contribution < -0.4 is 5.32 Å². The van der Waals surface area contributed by atoms with Gasteiger partial charge in [0.1, 0.15) is 11.3 Å². The predicted molar refractivity (Wildman–Crippen MR) is 133 cm³/mol. The van der Waals surface area contributed by atoms with Gasteiger partial charge in [0.25, 0.3) is 5.91 Å². The Bertz CT molecular complexity index is 1250. The maximum Gasteiger partial charge on any atom is 0.342 e. The largest absolute Gasteiger partial charge is 0.452 e. The minimum absolute atomic E-state index is 0.292. The minimum Gasteiger partial charge on any atom is -0.452 e. The molecule has 4 aromatic rings. The maximum atomic E-state index is 12.9. The zero-order valence-corrected chi connectivity index (χ0v) is 19.3. The number of anilines is 1. The van der Waals surface area contributed by atoms with Crippen LogP contribution in [0.1, 0.15) is 42.1 Å². The number of carbonyl (C=O) groups is 2. The second-order valence-corrected chi connectivity index (χ2v) is 8.09. The van der Waals surface area contributed by atoms with Crippen molar-refractivity contribution in [3.8, 4) is 16.9 Å². The van der Waals surface area contributed by atoms with E-state index in [1.54, 1.807) is 10.9 Å². The highest BCUT2D eigenvalue weighted by Crippen LogP contribution is 2.24. The van der Waals surface area contributed by atoms with Crippen molar-refractivity contribution in [2.45, 2.75) is 26.2 Å². The highest BCUT2D eigenvalue weighted by atomic mass is 16.5. The first-order chi connectivity index (χ1) is 16.5. The molecule has 0 spiro atoms. The van der Waals surface area contributed by atoms with E-state index in [-0.39, 0.29) is 0 Å². The number of benzene rings is 3. The average Bonchev–Trinajstić information content (AvgIpc) is 3.34. The number of rotatable bonds is 8. The van der Waals surface area contributed by atoms with Gasteiger partial charge in [0, 0.05) is 17.4 Å². The summed E-state index contributed by atoms with van der Waals surface area (Å²) in [5.41, 5.74) is 4.27. The number of esters is 1. The van der Waals surface area contributed by atoms with E-state index in [0.717, 1.165) is 17.7 Å². The van der Waals surface area contributed by atoms with Crippen LogP contribution in [0.15, 0.2) is 91.1 Å². The van der Waals surface area contributed by atoms with Crippen LogP contribution in [0.25, 0.3) is 16.9 Å². The fourth-order valence-electron chi connectivity index (χ4n) is 3.58. The van der Waals surface area contributed by atoms with Gasteiger partial charge in [0.2, 0.25) is 0 Å². The monoisotopic (exact) mass is 453 g/mol. The molecule has 6 nitrogen and oxygen atoms in total. The Kier molecular flexibility index (Phi) is 7.18. The molecule has 1 aromatic heterocycles. The molecule has 0 radical (unpaired) electrons. The first-order valence-electron chi connectivity index (χ1n) is 11.3. The third-order valence-electron chi connectivity index (χ3n) is 5.71. The Morgan fingerprint density at radius 3 is 2.24 bits per heavy atom. The zero-order chi connectivity index (χ0) is 23.9. The molecule has 0 aliphatic heterocycles. The fourth-order valence-corrected chi connectivity index (χ4v) is 3.58. The number of hydrogen-bond donors (Lipinski definition) is 1. The Balaban J connectivity index is 1.47. The third-order valence-corrected chi connectivity index (χ3v) is 5.71. The van der Waals surface area contributed by atoms with Gasteiger partial charge in [0.15, 0.2) is 6.61 Å². The summed E-state index contributed by atoms with van der Waals surface area (Å²) in [5, 5.41) is 7.38. The topological polar surface area (TPSA) is 73.2 Å². The van der Waals surface area contributed by atoms with E-state index in [4.69, 9.17) is 4.74 Å². The number of carbonyl (C=O) groups excluding carboxylic acids is 2. The van der Waals surface area contributed by atoms with Crippen molar-refractivity contribution in [1.29, 1.82) is 0 Å². The number of para-hydroxylation sites is 1. The van der Waals surface area contributed by atoms with E-state index < -0.39 is 18.5 Å². The summed E-state index contributed by atoms with van der Waals surface area (Å²) in [4.78, 5) is 25.3. The highest BCUT2D eigenvalue weighted by molar-refractivity contribution is 5.98. The second-order valence-electron chi connectivity index (χ2n) is 8.09. The lowest BCUT2D eigenvalue weighted by atomic mass is 9.99. The lowest BCUT2D eigenvalue weighted by Crippen LogP contribution is -2.21. The zero-order valence-electron chi connectivity index (χ0n) is 19.3. The molecule has 6 heteroatoms. The van der Waals surface area contributed by atoms with Crippen molar-refractivity contribution in [1.82, 2.24) is 9.78 Å². The summed E-state index contributed by atoms with van der Waals surface area (Å²) in [7, 11) is 0. The van der Waals surface area contributed by atoms with Gasteiger partial charge in [-0.15, -0.1) is 0 Å². The Morgan fingerprint density at radius 1 is 0.941 bits per heavy atom. The van der Waals surface area contributed by atoms with Crippen LogP contribution in [0.4, 0.5) is 5.69 Å². The highest BCUT2D eigenvalue weighted by Gasteiger charge is 2.21. The summed E-state index contributed by atoms with van der Waals surface area (Å²) in [6.45, 7) is 3.91. The van der Waals surface area contributed by atoms with E-state index in [9.17, 15) is 9.59 Å². The number of nitrogens with one attached hydrogen (secondary N) is 1. The number of aromatic nitrogens is 2. The maximum absolute atomic E-state index is 12.9. The van der Waals surface area contributed by atoms with Crippen molar-refractivity contribution < 1.29 is 14.3 Å². The Morgan fingerprint density at radius 2 is 1.59 bits per heavy atom. The summed E-state index contributed by atoms with van der Waals surface area (Å²) >= 11 is 0. The first kappa shape index (κ1) is 23.0. The lowest BCUT2D eigenvalue weighted by molar-refractivity contribution is -0.119. The molecule has 1 unspecified atom stereocenters. The van der Waals surface area contributed by atoms with Crippen LogP contribution in [0.3, 0.4) is 0 Å². The SMILES string of the molecule is CCC(C)c1ccc(NC(=O)COC(=O)c2cn(-c3ccccc3)nc2-c2ccccc2)cc1. The van der Waals surface area contributed by atoms with E-state index in [0.29, 0.717) is 22.9 Å². The smallest absolute Gasteiger partial charge is 0.342 e. The lowest BCUT2D eigenvalue weighted by Gasteiger charge is -2.10. The molecule has 1 atom stereocenters. The summed E-state index contributed by atoms with van der Waals surface area (Å²) in [5.74, 6) is -0.550. The van der Waals surface area contributed by atoms with Gasteiger partial charge in [-0.1, -0.05) is 74.5 Å². The molecule has 172 valence electrons. The molecule has 0 saturated heterocycles. The molecule has 4 rings (SSSR count). The van der Waals surface area contributed by atoms with Crippen molar-refractivity contribution in [2.24, 2.45) is 0 Å². The van der Waals surface area contributed by atoms with Gasteiger partial charge in [-0.25, -0.2) is 9.48 Å². The molecule has 34 heavy (non-hydrogen) atoms.